The summed E-state index contributed by atoms with van der Waals surface area (Å²) < 4.78 is 5.47. The monoisotopic (exact) mass is 256 g/mol. The predicted octanol–water partition coefficient (Wildman–Crippen LogP) is 2.14. The van der Waals surface area contributed by atoms with Gasteiger partial charge in [-0.3, -0.25) is 10.1 Å². The van der Waals surface area contributed by atoms with E-state index in [0.29, 0.717) is 0 Å². The average molecular weight is 256 g/mol. The van der Waals surface area contributed by atoms with E-state index in [1.165, 1.54) is 0 Å². The lowest BCUT2D eigenvalue weighted by molar-refractivity contribution is -0.133. The Hall–Kier alpha value is -0.610. The van der Waals surface area contributed by atoms with Gasteiger partial charge in [0, 0.05) is 19.8 Å². The molecule has 1 aliphatic heterocycles. The Morgan fingerprint density at radius 2 is 2.06 bits per heavy atom. The molecule has 1 N–H and O–H groups in total. The molecule has 1 heterocycles. The number of ether oxygens (including phenoxy) is 1. The zero-order valence-corrected chi connectivity index (χ0v) is 12.3. The number of hydrogen-bond donors (Lipinski definition) is 1. The summed E-state index contributed by atoms with van der Waals surface area (Å²) >= 11 is 0. The number of nitrogens with zero attached hydrogens (tertiary/aromatic N) is 1. The summed E-state index contributed by atoms with van der Waals surface area (Å²) in [6.07, 6.45) is 3.95. The molecule has 0 aromatic carbocycles. The highest BCUT2D eigenvalue weighted by atomic mass is 16.5. The first-order valence-electron chi connectivity index (χ1n) is 7.25. The fourth-order valence-electron chi connectivity index (χ4n) is 2.38. The van der Waals surface area contributed by atoms with Gasteiger partial charge in [-0.15, -0.1) is 0 Å². The molecule has 0 bridgehead atoms. The normalized spacial score (nSPS) is 28.1. The summed E-state index contributed by atoms with van der Waals surface area (Å²) in [6.45, 7) is 10.6. The molecule has 0 saturated carbocycles. The van der Waals surface area contributed by atoms with Crippen molar-refractivity contribution in [3.8, 4) is 0 Å². The number of rotatable bonds is 8. The van der Waals surface area contributed by atoms with Crippen LogP contribution in [0.15, 0.2) is 0 Å². The highest BCUT2D eigenvalue weighted by Crippen LogP contribution is 2.24. The number of hydrogen-bond acceptors (Lipinski definition) is 3. The number of nitrogens with one attached hydrogen (secondary N) is 1. The third-order valence-corrected chi connectivity index (χ3v) is 3.72. The summed E-state index contributed by atoms with van der Waals surface area (Å²) in [5.74, 6) is 0.243. The lowest BCUT2D eigenvalue weighted by Crippen LogP contribution is -2.43. The van der Waals surface area contributed by atoms with E-state index in [1.807, 2.05) is 11.8 Å². The molecule has 4 heteroatoms. The van der Waals surface area contributed by atoms with Crippen molar-refractivity contribution in [1.29, 1.82) is 0 Å². The first kappa shape index (κ1) is 15.4. The number of carbonyl (C=O) groups is 1. The van der Waals surface area contributed by atoms with Gasteiger partial charge in [0.25, 0.3) is 0 Å². The second kappa shape index (κ2) is 7.10. The molecule has 0 radical (unpaired) electrons. The molecule has 0 aliphatic carbocycles. The Morgan fingerprint density at radius 3 is 2.61 bits per heavy atom. The van der Waals surface area contributed by atoms with Crippen molar-refractivity contribution in [2.45, 2.75) is 65.1 Å². The van der Waals surface area contributed by atoms with Gasteiger partial charge in [0.05, 0.1) is 11.7 Å². The third-order valence-electron chi connectivity index (χ3n) is 3.72. The molecular formula is C14H28N2O2. The van der Waals surface area contributed by atoms with Crippen LogP contribution in [0.25, 0.3) is 0 Å². The maximum absolute atomic E-state index is 12.4. The Balaban J connectivity index is 2.45. The first-order valence-corrected chi connectivity index (χ1v) is 7.25. The summed E-state index contributed by atoms with van der Waals surface area (Å²) in [4.78, 5) is 14.4. The molecule has 2 unspecified atom stereocenters. The lowest BCUT2D eigenvalue weighted by atomic mass is 9.99. The summed E-state index contributed by atoms with van der Waals surface area (Å²) in [6, 6.07) is 0. The topological polar surface area (TPSA) is 41.6 Å². The largest absolute Gasteiger partial charge is 0.381 e. The second-order valence-electron chi connectivity index (χ2n) is 5.22. The van der Waals surface area contributed by atoms with Gasteiger partial charge < -0.3 is 9.64 Å². The van der Waals surface area contributed by atoms with E-state index in [0.717, 1.165) is 45.4 Å². The molecule has 4 nitrogen and oxygen atoms in total. The Kier molecular flexibility index (Phi) is 6.09. The van der Waals surface area contributed by atoms with Crippen molar-refractivity contribution in [1.82, 2.24) is 10.2 Å². The highest BCUT2D eigenvalue weighted by Gasteiger charge is 2.45. The summed E-state index contributed by atoms with van der Waals surface area (Å²) in [7, 11) is 0. The van der Waals surface area contributed by atoms with E-state index in [1.54, 1.807) is 0 Å². The average Bonchev–Trinajstić information content (AvgIpc) is 2.63. The minimum atomic E-state index is -0.370. The quantitative estimate of drug-likeness (QED) is 0.677. The van der Waals surface area contributed by atoms with Crippen molar-refractivity contribution in [2.75, 3.05) is 19.8 Å². The van der Waals surface area contributed by atoms with E-state index < -0.39 is 0 Å². The minimum Gasteiger partial charge on any atom is -0.381 e. The van der Waals surface area contributed by atoms with Crippen molar-refractivity contribution in [2.24, 2.45) is 0 Å². The number of carbonyl (C=O) groups excluding carboxylic acids is 1. The SMILES string of the molecule is CCCOCCCN1C(=O)C(C)(CC)NC1CC. The number of amides is 1. The molecule has 106 valence electrons. The van der Waals surface area contributed by atoms with Crippen LogP contribution >= 0.6 is 0 Å². The molecule has 1 aliphatic rings. The van der Waals surface area contributed by atoms with Crippen LogP contribution in [0.2, 0.25) is 0 Å². The zero-order valence-electron chi connectivity index (χ0n) is 12.3. The zero-order chi connectivity index (χ0) is 13.6. The maximum Gasteiger partial charge on any atom is 0.243 e. The van der Waals surface area contributed by atoms with E-state index in [9.17, 15) is 4.79 Å². The predicted molar refractivity (Wildman–Crippen MR) is 73.4 cm³/mol. The standard InChI is InChI=1S/C14H28N2O2/c1-5-10-18-11-8-9-16-12(6-2)15-14(4,7-3)13(16)17/h12,15H,5-11H2,1-4H3. The van der Waals surface area contributed by atoms with Gasteiger partial charge in [0.15, 0.2) is 0 Å². The Bertz CT molecular complexity index is 271. The van der Waals surface area contributed by atoms with Crippen molar-refractivity contribution < 1.29 is 9.53 Å². The fourth-order valence-corrected chi connectivity index (χ4v) is 2.38. The molecule has 0 aromatic rings. The van der Waals surface area contributed by atoms with Crippen LogP contribution < -0.4 is 5.32 Å². The van der Waals surface area contributed by atoms with Crippen LogP contribution in [0.4, 0.5) is 0 Å². The molecule has 0 spiro atoms. The molecule has 1 amide bonds. The molecule has 1 saturated heterocycles. The summed E-state index contributed by atoms with van der Waals surface area (Å²) in [5, 5.41) is 3.45. The Labute approximate surface area is 111 Å². The van der Waals surface area contributed by atoms with Gasteiger partial charge in [0.1, 0.15) is 0 Å². The van der Waals surface area contributed by atoms with E-state index in [2.05, 4.69) is 26.1 Å². The van der Waals surface area contributed by atoms with Gasteiger partial charge in [-0.05, 0) is 32.6 Å². The highest BCUT2D eigenvalue weighted by molar-refractivity contribution is 5.88. The van der Waals surface area contributed by atoms with E-state index in [4.69, 9.17) is 4.74 Å². The Morgan fingerprint density at radius 1 is 1.33 bits per heavy atom. The molecule has 1 rings (SSSR count). The first-order chi connectivity index (χ1) is 8.59. The van der Waals surface area contributed by atoms with Crippen LogP contribution in [0.5, 0.6) is 0 Å². The summed E-state index contributed by atoms with van der Waals surface area (Å²) in [5.41, 5.74) is -0.370. The van der Waals surface area contributed by atoms with Gasteiger partial charge in [-0.1, -0.05) is 20.8 Å². The van der Waals surface area contributed by atoms with Crippen LogP contribution in [0.1, 0.15) is 53.4 Å². The third kappa shape index (κ3) is 3.45. The van der Waals surface area contributed by atoms with Gasteiger partial charge in [0.2, 0.25) is 5.91 Å². The van der Waals surface area contributed by atoms with Crippen LogP contribution in [0.3, 0.4) is 0 Å². The smallest absolute Gasteiger partial charge is 0.243 e. The maximum atomic E-state index is 12.4. The molecule has 0 aromatic heterocycles. The van der Waals surface area contributed by atoms with Crippen LogP contribution in [-0.4, -0.2) is 42.3 Å². The molecular weight excluding hydrogens is 228 g/mol. The van der Waals surface area contributed by atoms with E-state index >= 15 is 0 Å². The second-order valence-corrected chi connectivity index (χ2v) is 5.22. The fraction of sp³-hybridized carbons (Fsp3) is 0.929. The molecule has 1 fully saturated rings. The molecule has 18 heavy (non-hydrogen) atoms. The van der Waals surface area contributed by atoms with Crippen molar-refractivity contribution in [3.63, 3.8) is 0 Å². The molecule has 2 atom stereocenters. The van der Waals surface area contributed by atoms with E-state index in [-0.39, 0.29) is 17.6 Å². The lowest BCUT2D eigenvalue weighted by Gasteiger charge is -2.23. The van der Waals surface area contributed by atoms with Crippen LogP contribution in [0, 0.1) is 0 Å². The van der Waals surface area contributed by atoms with Gasteiger partial charge in [-0.2, -0.15) is 0 Å². The van der Waals surface area contributed by atoms with Crippen molar-refractivity contribution in [3.05, 3.63) is 0 Å². The van der Waals surface area contributed by atoms with Crippen molar-refractivity contribution >= 4 is 5.91 Å². The van der Waals surface area contributed by atoms with Gasteiger partial charge >= 0.3 is 0 Å². The van der Waals surface area contributed by atoms with Gasteiger partial charge in [-0.25, -0.2) is 0 Å². The van der Waals surface area contributed by atoms with Crippen LogP contribution in [-0.2, 0) is 9.53 Å². The minimum absolute atomic E-state index is 0.189.